The zero-order valence-electron chi connectivity index (χ0n) is 21.9. The minimum absolute atomic E-state index is 0. The summed E-state index contributed by atoms with van der Waals surface area (Å²) in [6.07, 6.45) is 14.8. The molecule has 3 saturated carbocycles. The van der Waals surface area contributed by atoms with E-state index < -0.39 is 16.5 Å². The van der Waals surface area contributed by atoms with Gasteiger partial charge in [0.05, 0.1) is 6.10 Å². The Kier molecular flexibility index (Phi) is 9.00. The fourth-order valence-electron chi connectivity index (χ4n) is 8.90. The second-order valence-electron chi connectivity index (χ2n) is 12.7. The topological polar surface area (TPSA) is 66.4 Å². The molecule has 0 aliphatic heterocycles. The summed E-state index contributed by atoms with van der Waals surface area (Å²) in [5, 5.41) is 0. The van der Waals surface area contributed by atoms with Crippen LogP contribution in [-0.2, 0) is 14.6 Å². The van der Waals surface area contributed by atoms with E-state index in [0.717, 1.165) is 42.4 Å². The number of hydrogen-bond donors (Lipinski definition) is 0. The van der Waals surface area contributed by atoms with Crippen LogP contribution in [0.4, 0.5) is 0 Å². The molecular formula is C27H45NaO4S. The average Bonchev–Trinajstić information content (AvgIpc) is 3.04. The Labute approximate surface area is 225 Å². The van der Waals surface area contributed by atoms with Gasteiger partial charge >= 0.3 is 29.6 Å². The first-order valence-corrected chi connectivity index (χ1v) is 14.6. The van der Waals surface area contributed by atoms with Crippen molar-refractivity contribution in [1.29, 1.82) is 0 Å². The van der Waals surface area contributed by atoms with E-state index in [4.69, 9.17) is 4.18 Å². The van der Waals surface area contributed by atoms with Crippen molar-refractivity contribution in [2.24, 2.45) is 46.3 Å². The fourth-order valence-corrected chi connectivity index (χ4v) is 9.40. The molecule has 4 rings (SSSR count). The smallest absolute Gasteiger partial charge is 0.726 e. The van der Waals surface area contributed by atoms with Crippen molar-refractivity contribution >= 4 is 10.4 Å². The molecule has 0 bridgehead atoms. The zero-order chi connectivity index (χ0) is 23.3. The van der Waals surface area contributed by atoms with Gasteiger partial charge < -0.3 is 4.55 Å². The summed E-state index contributed by atoms with van der Waals surface area (Å²) in [5.41, 5.74) is 1.99. The molecular weight excluding hydrogens is 443 g/mol. The van der Waals surface area contributed by atoms with E-state index >= 15 is 0 Å². The Balaban J connectivity index is 0.00000306. The average molecular weight is 489 g/mol. The van der Waals surface area contributed by atoms with Crippen LogP contribution in [0.3, 0.4) is 0 Å². The molecule has 0 aromatic rings. The summed E-state index contributed by atoms with van der Waals surface area (Å²) in [7, 11) is -4.63. The summed E-state index contributed by atoms with van der Waals surface area (Å²) in [5.74, 6) is 4.78. The van der Waals surface area contributed by atoms with Gasteiger partial charge in [0.1, 0.15) is 0 Å². The molecule has 0 saturated heterocycles. The Morgan fingerprint density at radius 2 is 1.79 bits per heavy atom. The Morgan fingerprint density at radius 1 is 1.06 bits per heavy atom. The minimum Gasteiger partial charge on any atom is -0.726 e. The molecule has 8 atom stereocenters. The van der Waals surface area contributed by atoms with E-state index in [2.05, 4.69) is 40.7 Å². The van der Waals surface area contributed by atoms with Gasteiger partial charge in [-0.05, 0) is 97.7 Å². The van der Waals surface area contributed by atoms with Gasteiger partial charge in [0.25, 0.3) is 0 Å². The second kappa shape index (κ2) is 10.5. The molecule has 33 heavy (non-hydrogen) atoms. The van der Waals surface area contributed by atoms with E-state index in [1.165, 1.54) is 50.5 Å². The summed E-state index contributed by atoms with van der Waals surface area (Å²) >= 11 is 0. The predicted molar refractivity (Wildman–Crippen MR) is 128 cm³/mol. The quantitative estimate of drug-likeness (QED) is 0.236. The van der Waals surface area contributed by atoms with Crippen LogP contribution in [0.25, 0.3) is 0 Å². The van der Waals surface area contributed by atoms with Gasteiger partial charge in [-0.15, -0.1) is 0 Å². The van der Waals surface area contributed by atoms with Crippen LogP contribution in [0, 0.1) is 46.3 Å². The summed E-state index contributed by atoms with van der Waals surface area (Å²) in [6.45, 7) is 12.2. The first-order valence-electron chi connectivity index (χ1n) is 13.3. The normalized spacial score (nSPS) is 41.4. The SMILES string of the molecule is CC(C)CCC[C@@H](C)[C@H]1CCC2[C@H]3CC=C4C[C@@H](OS(=O)(=O)[O-])CC[C@]4(C)[C@@H]3CC[C@@]21C.[Na+]. The third-order valence-electron chi connectivity index (χ3n) is 10.5. The number of allylic oxidation sites excluding steroid dienone is 1. The molecule has 0 heterocycles. The van der Waals surface area contributed by atoms with Gasteiger partial charge in [-0.3, -0.25) is 4.18 Å². The molecule has 0 spiro atoms. The monoisotopic (exact) mass is 488 g/mol. The Morgan fingerprint density at radius 3 is 2.45 bits per heavy atom. The molecule has 0 aromatic carbocycles. The molecule has 3 fully saturated rings. The summed E-state index contributed by atoms with van der Waals surface area (Å²) < 4.78 is 38.2. The molecule has 4 aliphatic rings. The molecule has 0 N–H and O–H groups in total. The Bertz CT molecular complexity index is 824. The molecule has 4 nitrogen and oxygen atoms in total. The van der Waals surface area contributed by atoms with Crippen LogP contribution in [0.5, 0.6) is 0 Å². The van der Waals surface area contributed by atoms with Gasteiger partial charge in [0, 0.05) is 0 Å². The minimum atomic E-state index is -4.63. The maximum absolute atomic E-state index is 11.1. The number of hydrogen-bond acceptors (Lipinski definition) is 4. The summed E-state index contributed by atoms with van der Waals surface area (Å²) in [4.78, 5) is 0. The van der Waals surface area contributed by atoms with E-state index in [9.17, 15) is 13.0 Å². The van der Waals surface area contributed by atoms with Crippen LogP contribution >= 0.6 is 0 Å². The zero-order valence-corrected chi connectivity index (χ0v) is 24.8. The van der Waals surface area contributed by atoms with E-state index in [-0.39, 0.29) is 35.0 Å². The van der Waals surface area contributed by atoms with Crippen molar-refractivity contribution in [2.75, 3.05) is 0 Å². The molecule has 0 amide bonds. The summed E-state index contributed by atoms with van der Waals surface area (Å²) in [6, 6.07) is 0. The largest absolute Gasteiger partial charge is 1.00 e. The van der Waals surface area contributed by atoms with Crippen molar-refractivity contribution in [3.8, 4) is 0 Å². The third kappa shape index (κ3) is 5.64. The van der Waals surface area contributed by atoms with Crippen molar-refractivity contribution < 1.29 is 46.7 Å². The first-order chi connectivity index (χ1) is 14.9. The van der Waals surface area contributed by atoms with Crippen LogP contribution in [0.15, 0.2) is 11.6 Å². The van der Waals surface area contributed by atoms with Crippen molar-refractivity contribution in [1.82, 2.24) is 0 Å². The van der Waals surface area contributed by atoms with E-state index in [1.54, 1.807) is 0 Å². The Hall–Kier alpha value is 0.610. The number of rotatable bonds is 7. The van der Waals surface area contributed by atoms with Crippen molar-refractivity contribution in [2.45, 2.75) is 111 Å². The second-order valence-corrected chi connectivity index (χ2v) is 13.7. The van der Waals surface area contributed by atoms with Crippen molar-refractivity contribution in [3.63, 3.8) is 0 Å². The maximum atomic E-state index is 11.1. The van der Waals surface area contributed by atoms with Crippen LogP contribution < -0.4 is 29.6 Å². The molecule has 0 aromatic heterocycles. The molecule has 0 radical (unpaired) electrons. The van der Waals surface area contributed by atoms with Crippen molar-refractivity contribution in [3.05, 3.63) is 11.6 Å². The van der Waals surface area contributed by atoms with Gasteiger partial charge in [-0.1, -0.05) is 65.5 Å². The molecule has 6 heteroatoms. The van der Waals surface area contributed by atoms with Crippen LogP contribution in [0.2, 0.25) is 0 Å². The van der Waals surface area contributed by atoms with Gasteiger partial charge in [0.2, 0.25) is 10.4 Å². The van der Waals surface area contributed by atoms with Crippen LogP contribution in [0.1, 0.15) is 105 Å². The molecule has 1 unspecified atom stereocenters. The van der Waals surface area contributed by atoms with Gasteiger partial charge in [0.15, 0.2) is 0 Å². The molecule has 184 valence electrons. The fraction of sp³-hybridized carbons (Fsp3) is 0.926. The predicted octanol–water partition coefficient (Wildman–Crippen LogP) is 3.88. The standard InChI is InChI=1S/C27H46O4S.Na/c1-18(2)7-6-8-19(3)23-11-12-24-22-10-9-20-17-21(31-32(28,29)30)13-15-26(20,4)25(22)14-16-27(23,24)5;/h9,18-19,21-25H,6-8,10-17H2,1-5H3,(H,28,29,30);/q;+1/p-1/t19-,21+,22-,23-,24?,25-,26+,27-;/m1./s1. The van der Waals surface area contributed by atoms with E-state index in [1.807, 2.05) is 0 Å². The van der Waals surface area contributed by atoms with Crippen LogP contribution in [-0.4, -0.2) is 19.1 Å². The number of fused-ring (bicyclic) bond motifs is 5. The van der Waals surface area contributed by atoms with Gasteiger partial charge in [-0.2, -0.15) is 0 Å². The third-order valence-corrected chi connectivity index (χ3v) is 11.0. The van der Waals surface area contributed by atoms with Gasteiger partial charge in [-0.25, -0.2) is 8.42 Å². The maximum Gasteiger partial charge on any atom is 1.00 e. The first kappa shape index (κ1) is 28.2. The molecule has 4 aliphatic carbocycles. The van der Waals surface area contributed by atoms with E-state index in [0.29, 0.717) is 24.2 Å².